The summed E-state index contributed by atoms with van der Waals surface area (Å²) < 4.78 is 1.83. The summed E-state index contributed by atoms with van der Waals surface area (Å²) in [5.41, 5.74) is 0.483. The fourth-order valence-electron chi connectivity index (χ4n) is 2.87. The van der Waals surface area contributed by atoms with Gasteiger partial charge in [0.2, 0.25) is 0 Å². The second-order valence-electron chi connectivity index (χ2n) is 5.84. The average molecular weight is 222 g/mol. The molecule has 0 aliphatic heterocycles. The number of hydrogen-bond acceptors (Lipinski definition) is 3. The summed E-state index contributed by atoms with van der Waals surface area (Å²) in [5.74, 6) is 1.76. The van der Waals surface area contributed by atoms with Crippen molar-refractivity contribution in [1.82, 2.24) is 20.1 Å². The standard InChI is InChI=1S/C12H22N4/c1-9-5-12(2,3)6-10(9)13-7-11-14-8-15-16(11)4/h8-10,13H,5-7H2,1-4H3/t9-,10+/m1/s1. The first-order valence-corrected chi connectivity index (χ1v) is 6.04. The Labute approximate surface area is 97.5 Å². The van der Waals surface area contributed by atoms with E-state index in [0.29, 0.717) is 11.5 Å². The summed E-state index contributed by atoms with van der Waals surface area (Å²) in [4.78, 5) is 4.23. The third kappa shape index (κ3) is 2.43. The molecule has 0 unspecified atom stereocenters. The van der Waals surface area contributed by atoms with E-state index in [9.17, 15) is 0 Å². The molecule has 90 valence electrons. The lowest BCUT2D eigenvalue weighted by Crippen LogP contribution is -2.32. The van der Waals surface area contributed by atoms with Gasteiger partial charge in [0.1, 0.15) is 12.2 Å². The van der Waals surface area contributed by atoms with Crippen molar-refractivity contribution in [2.45, 2.75) is 46.2 Å². The fourth-order valence-corrected chi connectivity index (χ4v) is 2.87. The van der Waals surface area contributed by atoms with Gasteiger partial charge in [-0.25, -0.2) is 4.98 Å². The highest BCUT2D eigenvalue weighted by molar-refractivity contribution is 4.93. The zero-order valence-electron chi connectivity index (χ0n) is 10.7. The fraction of sp³-hybridized carbons (Fsp3) is 0.833. The van der Waals surface area contributed by atoms with Gasteiger partial charge in [-0.1, -0.05) is 20.8 Å². The molecular formula is C12H22N4. The lowest BCUT2D eigenvalue weighted by atomic mass is 9.91. The molecule has 1 aliphatic rings. The van der Waals surface area contributed by atoms with Gasteiger partial charge >= 0.3 is 0 Å². The van der Waals surface area contributed by atoms with Gasteiger partial charge in [-0.2, -0.15) is 5.10 Å². The Kier molecular flexibility index (Phi) is 3.02. The zero-order valence-corrected chi connectivity index (χ0v) is 10.7. The quantitative estimate of drug-likeness (QED) is 0.847. The van der Waals surface area contributed by atoms with Gasteiger partial charge in [-0.3, -0.25) is 4.68 Å². The second-order valence-corrected chi connectivity index (χ2v) is 5.84. The number of nitrogens with zero attached hydrogens (tertiary/aromatic N) is 3. The lowest BCUT2D eigenvalue weighted by molar-refractivity contribution is 0.361. The number of aryl methyl sites for hydroxylation is 1. The van der Waals surface area contributed by atoms with E-state index >= 15 is 0 Å². The van der Waals surface area contributed by atoms with Gasteiger partial charge in [0.15, 0.2) is 0 Å². The Morgan fingerprint density at radius 3 is 2.75 bits per heavy atom. The van der Waals surface area contributed by atoms with Crippen molar-refractivity contribution in [3.63, 3.8) is 0 Å². The first kappa shape index (κ1) is 11.6. The Morgan fingerprint density at radius 2 is 2.25 bits per heavy atom. The minimum Gasteiger partial charge on any atom is -0.307 e. The molecule has 0 radical (unpaired) electrons. The Balaban J connectivity index is 1.90. The highest BCUT2D eigenvalue weighted by Crippen LogP contribution is 2.40. The molecule has 2 rings (SSSR count). The highest BCUT2D eigenvalue weighted by Gasteiger charge is 2.36. The topological polar surface area (TPSA) is 42.7 Å². The molecule has 4 nitrogen and oxygen atoms in total. The molecule has 2 atom stereocenters. The first-order valence-electron chi connectivity index (χ1n) is 6.04. The van der Waals surface area contributed by atoms with Crippen molar-refractivity contribution < 1.29 is 0 Å². The molecule has 1 aromatic heterocycles. The summed E-state index contributed by atoms with van der Waals surface area (Å²) >= 11 is 0. The van der Waals surface area contributed by atoms with Crippen LogP contribution in [0.25, 0.3) is 0 Å². The predicted molar refractivity (Wildman–Crippen MR) is 63.8 cm³/mol. The van der Waals surface area contributed by atoms with Crippen LogP contribution in [0.2, 0.25) is 0 Å². The molecular weight excluding hydrogens is 200 g/mol. The smallest absolute Gasteiger partial charge is 0.140 e. The van der Waals surface area contributed by atoms with Crippen molar-refractivity contribution in [3.8, 4) is 0 Å². The molecule has 0 amide bonds. The zero-order chi connectivity index (χ0) is 11.8. The molecule has 0 aromatic carbocycles. The van der Waals surface area contributed by atoms with Crippen molar-refractivity contribution in [3.05, 3.63) is 12.2 Å². The molecule has 1 aromatic rings. The van der Waals surface area contributed by atoms with Gasteiger partial charge in [0, 0.05) is 13.1 Å². The Bertz CT molecular complexity index is 356. The Morgan fingerprint density at radius 1 is 1.50 bits per heavy atom. The maximum atomic E-state index is 4.23. The van der Waals surface area contributed by atoms with Crippen LogP contribution in [0.15, 0.2) is 6.33 Å². The van der Waals surface area contributed by atoms with Crippen molar-refractivity contribution in [2.24, 2.45) is 18.4 Å². The Hall–Kier alpha value is -0.900. The van der Waals surface area contributed by atoms with Crippen LogP contribution in [0.5, 0.6) is 0 Å². The second kappa shape index (κ2) is 4.17. The van der Waals surface area contributed by atoms with E-state index in [1.807, 2.05) is 11.7 Å². The molecule has 4 heteroatoms. The van der Waals surface area contributed by atoms with E-state index in [1.165, 1.54) is 12.8 Å². The SMILES string of the molecule is C[C@@H]1CC(C)(C)C[C@@H]1NCc1ncnn1C. The summed E-state index contributed by atoms with van der Waals surface area (Å²) in [6, 6.07) is 0.617. The molecule has 0 spiro atoms. The summed E-state index contributed by atoms with van der Waals surface area (Å²) in [7, 11) is 1.94. The number of nitrogens with one attached hydrogen (secondary N) is 1. The van der Waals surface area contributed by atoms with E-state index in [2.05, 4.69) is 36.2 Å². The number of aromatic nitrogens is 3. The third-order valence-corrected chi connectivity index (χ3v) is 3.66. The van der Waals surface area contributed by atoms with Crippen LogP contribution < -0.4 is 5.32 Å². The number of hydrogen-bond donors (Lipinski definition) is 1. The molecule has 1 fully saturated rings. The summed E-state index contributed by atoms with van der Waals surface area (Å²) in [6.45, 7) is 7.87. The summed E-state index contributed by atoms with van der Waals surface area (Å²) in [5, 5.41) is 7.68. The summed E-state index contributed by atoms with van der Waals surface area (Å²) in [6.07, 6.45) is 4.18. The molecule has 1 heterocycles. The number of rotatable bonds is 3. The van der Waals surface area contributed by atoms with Gasteiger partial charge in [-0.05, 0) is 24.2 Å². The van der Waals surface area contributed by atoms with Crippen molar-refractivity contribution >= 4 is 0 Å². The van der Waals surface area contributed by atoms with Crippen molar-refractivity contribution in [2.75, 3.05) is 0 Å². The van der Waals surface area contributed by atoms with Crippen LogP contribution in [0.3, 0.4) is 0 Å². The largest absolute Gasteiger partial charge is 0.307 e. The van der Waals surface area contributed by atoms with E-state index in [0.717, 1.165) is 18.3 Å². The predicted octanol–water partition coefficient (Wildman–Crippen LogP) is 1.73. The van der Waals surface area contributed by atoms with Crippen LogP contribution in [0.1, 0.15) is 39.4 Å². The van der Waals surface area contributed by atoms with Gasteiger partial charge in [0.05, 0.1) is 6.54 Å². The monoisotopic (exact) mass is 222 g/mol. The molecule has 0 saturated heterocycles. The van der Waals surface area contributed by atoms with E-state index in [4.69, 9.17) is 0 Å². The van der Waals surface area contributed by atoms with E-state index in [-0.39, 0.29) is 0 Å². The molecule has 1 N–H and O–H groups in total. The average Bonchev–Trinajstić information content (AvgIpc) is 2.67. The molecule has 0 bridgehead atoms. The molecule has 1 aliphatic carbocycles. The lowest BCUT2D eigenvalue weighted by Gasteiger charge is -2.18. The maximum absolute atomic E-state index is 4.23. The van der Waals surface area contributed by atoms with Crippen molar-refractivity contribution in [1.29, 1.82) is 0 Å². The van der Waals surface area contributed by atoms with Crippen LogP contribution >= 0.6 is 0 Å². The first-order chi connectivity index (χ1) is 7.48. The van der Waals surface area contributed by atoms with E-state index in [1.54, 1.807) is 6.33 Å². The minimum atomic E-state index is 0.483. The molecule has 16 heavy (non-hydrogen) atoms. The van der Waals surface area contributed by atoms with Gasteiger partial charge in [0.25, 0.3) is 0 Å². The van der Waals surface area contributed by atoms with Crippen LogP contribution in [-0.4, -0.2) is 20.8 Å². The van der Waals surface area contributed by atoms with Crippen LogP contribution in [-0.2, 0) is 13.6 Å². The van der Waals surface area contributed by atoms with Crippen LogP contribution in [0.4, 0.5) is 0 Å². The maximum Gasteiger partial charge on any atom is 0.140 e. The highest BCUT2D eigenvalue weighted by atomic mass is 15.3. The molecule has 1 saturated carbocycles. The van der Waals surface area contributed by atoms with Crippen LogP contribution in [0, 0.1) is 11.3 Å². The third-order valence-electron chi connectivity index (χ3n) is 3.66. The normalized spacial score (nSPS) is 28.5. The minimum absolute atomic E-state index is 0.483. The van der Waals surface area contributed by atoms with Gasteiger partial charge < -0.3 is 5.32 Å². The van der Waals surface area contributed by atoms with E-state index < -0.39 is 0 Å². The van der Waals surface area contributed by atoms with Gasteiger partial charge in [-0.15, -0.1) is 0 Å².